The van der Waals surface area contributed by atoms with Crippen LogP contribution in [0, 0.1) is 0 Å². The van der Waals surface area contributed by atoms with Crippen molar-refractivity contribution in [2.75, 3.05) is 26.2 Å². The van der Waals surface area contributed by atoms with Gasteiger partial charge < -0.3 is 9.64 Å². The fraction of sp³-hybridized carbons (Fsp3) is 0.348. The van der Waals surface area contributed by atoms with E-state index in [9.17, 15) is 4.79 Å². The van der Waals surface area contributed by atoms with Gasteiger partial charge in [-0.3, -0.25) is 4.79 Å². The van der Waals surface area contributed by atoms with Gasteiger partial charge in [-0.1, -0.05) is 50.2 Å². The molecular weight excluding hydrogens is 322 g/mol. The zero-order valence-corrected chi connectivity index (χ0v) is 15.7. The molecule has 0 N–H and O–H groups in total. The maximum Gasteiger partial charge on any atom is 0.189 e. The van der Waals surface area contributed by atoms with Crippen LogP contribution < -0.4 is 4.74 Å². The Morgan fingerprint density at radius 2 is 1.88 bits per heavy atom. The summed E-state index contributed by atoms with van der Waals surface area (Å²) in [4.78, 5) is 14.9. The lowest BCUT2D eigenvalue weighted by Crippen LogP contribution is -2.25. The molecule has 2 aromatic rings. The highest BCUT2D eigenvalue weighted by molar-refractivity contribution is 6.15. The van der Waals surface area contributed by atoms with Gasteiger partial charge in [-0.05, 0) is 48.8 Å². The van der Waals surface area contributed by atoms with Crippen LogP contribution in [0.25, 0.3) is 6.08 Å². The number of ketones is 1. The van der Waals surface area contributed by atoms with E-state index in [1.54, 1.807) is 0 Å². The van der Waals surface area contributed by atoms with Gasteiger partial charge in [-0.25, -0.2) is 0 Å². The van der Waals surface area contributed by atoms with Crippen molar-refractivity contribution in [3.63, 3.8) is 0 Å². The molecule has 0 heterocycles. The summed E-state index contributed by atoms with van der Waals surface area (Å²) in [5.41, 5.74) is 3.82. The van der Waals surface area contributed by atoms with E-state index in [-0.39, 0.29) is 5.78 Å². The Bertz CT molecular complexity index is 790. The summed E-state index contributed by atoms with van der Waals surface area (Å²) in [6, 6.07) is 15.8. The summed E-state index contributed by atoms with van der Waals surface area (Å²) in [5.74, 6) is 1.01. The van der Waals surface area contributed by atoms with E-state index in [0.29, 0.717) is 13.0 Å². The first-order valence-corrected chi connectivity index (χ1v) is 9.49. The molecule has 0 amide bonds. The molecule has 0 radical (unpaired) electrons. The predicted molar refractivity (Wildman–Crippen MR) is 107 cm³/mol. The second-order valence-electron chi connectivity index (χ2n) is 6.63. The van der Waals surface area contributed by atoms with E-state index < -0.39 is 0 Å². The number of ether oxygens (including phenoxy) is 1. The van der Waals surface area contributed by atoms with Gasteiger partial charge in [0.15, 0.2) is 5.78 Å². The molecule has 3 heteroatoms. The van der Waals surface area contributed by atoms with Gasteiger partial charge in [0.25, 0.3) is 0 Å². The molecule has 136 valence electrons. The van der Waals surface area contributed by atoms with Crippen LogP contribution >= 0.6 is 0 Å². The minimum atomic E-state index is 0.145. The first-order valence-electron chi connectivity index (χ1n) is 9.49. The van der Waals surface area contributed by atoms with Crippen molar-refractivity contribution in [2.24, 2.45) is 0 Å². The van der Waals surface area contributed by atoms with Gasteiger partial charge in [0, 0.05) is 24.1 Å². The third-order valence-electron chi connectivity index (χ3n) is 4.92. The van der Waals surface area contributed by atoms with Gasteiger partial charge >= 0.3 is 0 Å². The van der Waals surface area contributed by atoms with Crippen LogP contribution in [0.4, 0.5) is 0 Å². The number of rotatable bonds is 8. The van der Waals surface area contributed by atoms with Crippen molar-refractivity contribution in [1.82, 2.24) is 4.90 Å². The molecule has 2 aromatic carbocycles. The summed E-state index contributed by atoms with van der Waals surface area (Å²) in [6.45, 7) is 8.30. The highest BCUT2D eigenvalue weighted by Gasteiger charge is 2.23. The van der Waals surface area contributed by atoms with Crippen molar-refractivity contribution in [3.05, 3.63) is 70.8 Å². The van der Waals surface area contributed by atoms with Crippen molar-refractivity contribution >= 4 is 11.9 Å². The Kier molecular flexibility index (Phi) is 6.24. The minimum absolute atomic E-state index is 0.145. The Morgan fingerprint density at radius 3 is 2.65 bits per heavy atom. The summed E-state index contributed by atoms with van der Waals surface area (Å²) < 4.78 is 5.90. The largest absolute Gasteiger partial charge is 0.494 e. The molecule has 0 aromatic heterocycles. The van der Waals surface area contributed by atoms with Crippen LogP contribution in [0.15, 0.2) is 54.1 Å². The van der Waals surface area contributed by atoms with E-state index >= 15 is 0 Å². The molecule has 0 spiro atoms. The number of hydrogen-bond acceptors (Lipinski definition) is 3. The lowest BCUT2D eigenvalue weighted by Gasteiger charge is -2.17. The predicted octanol–water partition coefficient (Wildman–Crippen LogP) is 4.62. The summed E-state index contributed by atoms with van der Waals surface area (Å²) in [7, 11) is 0. The van der Waals surface area contributed by atoms with Crippen molar-refractivity contribution in [2.45, 2.75) is 26.7 Å². The molecule has 0 aliphatic heterocycles. The summed E-state index contributed by atoms with van der Waals surface area (Å²) in [5, 5.41) is 0. The number of fused-ring (bicyclic) bond motifs is 1. The van der Waals surface area contributed by atoms with Crippen molar-refractivity contribution in [1.29, 1.82) is 0 Å². The van der Waals surface area contributed by atoms with E-state index in [0.717, 1.165) is 54.1 Å². The highest BCUT2D eigenvalue weighted by atomic mass is 16.5. The topological polar surface area (TPSA) is 29.5 Å². The maximum absolute atomic E-state index is 12.5. The minimum Gasteiger partial charge on any atom is -0.494 e. The van der Waals surface area contributed by atoms with Crippen LogP contribution in [0.3, 0.4) is 0 Å². The fourth-order valence-corrected chi connectivity index (χ4v) is 3.38. The molecule has 0 saturated carbocycles. The molecule has 26 heavy (non-hydrogen) atoms. The van der Waals surface area contributed by atoms with Gasteiger partial charge in [-0.2, -0.15) is 0 Å². The van der Waals surface area contributed by atoms with Crippen LogP contribution in [-0.2, 0) is 6.42 Å². The molecule has 0 unspecified atom stereocenters. The van der Waals surface area contributed by atoms with E-state index in [2.05, 4.69) is 18.7 Å². The van der Waals surface area contributed by atoms with Crippen LogP contribution in [0.2, 0.25) is 0 Å². The molecule has 0 bridgehead atoms. The normalized spacial score (nSPS) is 14.9. The molecule has 1 aliphatic carbocycles. The quantitative estimate of drug-likeness (QED) is 0.514. The number of nitrogens with zero attached hydrogens (tertiary/aromatic N) is 1. The first-order chi connectivity index (χ1) is 12.7. The van der Waals surface area contributed by atoms with Crippen molar-refractivity contribution in [3.8, 4) is 5.75 Å². The van der Waals surface area contributed by atoms with Gasteiger partial charge in [0.2, 0.25) is 0 Å². The molecule has 0 atom stereocenters. The second kappa shape index (κ2) is 8.81. The second-order valence-corrected chi connectivity index (χ2v) is 6.63. The molecular formula is C23H27NO2. The fourth-order valence-electron chi connectivity index (χ4n) is 3.38. The summed E-state index contributed by atoms with van der Waals surface area (Å²) in [6.07, 6.45) is 3.72. The standard InChI is InChI=1S/C23H27NO2/c1-3-24(4-2)13-8-14-26-21-11-7-9-18(16-21)15-20-17-19-10-5-6-12-22(19)23(20)25/h5-7,9-12,15-16H,3-4,8,13-14,17H2,1-2H3/b20-15+. The average molecular weight is 349 g/mol. The van der Waals surface area contributed by atoms with Crippen molar-refractivity contribution < 1.29 is 9.53 Å². The van der Waals surface area contributed by atoms with Gasteiger partial charge in [0.05, 0.1) is 6.61 Å². The molecule has 0 fully saturated rings. The number of benzene rings is 2. The lowest BCUT2D eigenvalue weighted by molar-refractivity contribution is 0.104. The number of Topliss-reactive ketones (excluding diaryl/α,β-unsaturated/α-hetero) is 1. The zero-order chi connectivity index (χ0) is 18.4. The SMILES string of the molecule is CCN(CC)CCCOc1cccc(/C=C2\Cc3ccccc3C2=O)c1. The van der Waals surface area contributed by atoms with E-state index in [4.69, 9.17) is 4.74 Å². The monoisotopic (exact) mass is 349 g/mol. The van der Waals surface area contributed by atoms with E-state index in [1.165, 1.54) is 0 Å². The molecule has 1 aliphatic rings. The van der Waals surface area contributed by atoms with Crippen LogP contribution in [-0.4, -0.2) is 36.9 Å². The summed E-state index contributed by atoms with van der Waals surface area (Å²) >= 11 is 0. The maximum atomic E-state index is 12.5. The average Bonchev–Trinajstić information content (AvgIpc) is 2.98. The number of carbonyl (C=O) groups excluding carboxylic acids is 1. The molecule has 3 rings (SSSR count). The zero-order valence-electron chi connectivity index (χ0n) is 15.7. The third-order valence-corrected chi connectivity index (χ3v) is 4.92. The van der Waals surface area contributed by atoms with Crippen LogP contribution in [0.5, 0.6) is 5.75 Å². The number of allylic oxidation sites excluding steroid dienone is 1. The third kappa shape index (κ3) is 4.41. The number of carbonyl (C=O) groups is 1. The highest BCUT2D eigenvalue weighted by Crippen LogP contribution is 2.28. The molecule has 3 nitrogen and oxygen atoms in total. The van der Waals surface area contributed by atoms with Crippen LogP contribution in [0.1, 0.15) is 41.8 Å². The molecule has 0 saturated heterocycles. The lowest BCUT2D eigenvalue weighted by atomic mass is 10.1. The Morgan fingerprint density at radius 1 is 1.08 bits per heavy atom. The van der Waals surface area contributed by atoms with Gasteiger partial charge in [-0.15, -0.1) is 0 Å². The van der Waals surface area contributed by atoms with Gasteiger partial charge in [0.1, 0.15) is 5.75 Å². The number of hydrogen-bond donors (Lipinski definition) is 0. The Balaban J connectivity index is 1.61. The van der Waals surface area contributed by atoms with E-state index in [1.807, 2.05) is 54.6 Å². The first kappa shape index (κ1) is 18.4. The smallest absolute Gasteiger partial charge is 0.189 e. The Labute approximate surface area is 156 Å². The Hall–Kier alpha value is -2.39.